The molecule has 4 heteroatoms. The van der Waals surface area contributed by atoms with Crippen molar-refractivity contribution in [1.82, 2.24) is 4.57 Å². The minimum Gasteiger partial charge on any atom is -0.481 e. The topological polar surface area (TPSA) is 31.2 Å². The standard InChI is InChI=1S/C17H16BrNO2/c1-3-5-11-21-13-9-10-14(15(18)12-13)16-7-6-8-17(20)19(16)4-2/h6-10,12H,4,11H2,1-2H3. The Labute approximate surface area is 132 Å². The Kier molecular flexibility index (Phi) is 5.24. The Balaban J connectivity index is 2.39. The summed E-state index contributed by atoms with van der Waals surface area (Å²) in [6.07, 6.45) is 0. The maximum Gasteiger partial charge on any atom is 0.250 e. The zero-order valence-corrected chi connectivity index (χ0v) is 13.6. The Bertz CT molecular complexity index is 753. The molecule has 21 heavy (non-hydrogen) atoms. The van der Waals surface area contributed by atoms with E-state index in [9.17, 15) is 4.79 Å². The Hall–Kier alpha value is -1.99. The van der Waals surface area contributed by atoms with Crippen LogP contribution in [0, 0.1) is 11.8 Å². The lowest BCUT2D eigenvalue weighted by molar-refractivity contribution is 0.370. The second-order valence-electron chi connectivity index (χ2n) is 4.35. The van der Waals surface area contributed by atoms with Gasteiger partial charge >= 0.3 is 0 Å². The van der Waals surface area contributed by atoms with Crippen LogP contribution in [0.4, 0.5) is 0 Å². The minimum absolute atomic E-state index is 0.000414. The maximum absolute atomic E-state index is 11.9. The summed E-state index contributed by atoms with van der Waals surface area (Å²) in [5, 5.41) is 0. The highest BCUT2D eigenvalue weighted by atomic mass is 79.9. The van der Waals surface area contributed by atoms with E-state index in [0.717, 1.165) is 21.5 Å². The van der Waals surface area contributed by atoms with Gasteiger partial charge < -0.3 is 9.30 Å². The molecule has 0 unspecified atom stereocenters. The summed E-state index contributed by atoms with van der Waals surface area (Å²) in [5.74, 6) is 6.39. The fourth-order valence-corrected chi connectivity index (χ4v) is 2.63. The third-order valence-electron chi connectivity index (χ3n) is 3.07. The van der Waals surface area contributed by atoms with Crippen LogP contribution in [0.5, 0.6) is 5.75 Å². The fraction of sp³-hybridized carbons (Fsp3) is 0.235. The quantitative estimate of drug-likeness (QED) is 0.791. The Morgan fingerprint density at radius 3 is 2.76 bits per heavy atom. The van der Waals surface area contributed by atoms with Crippen molar-refractivity contribution in [2.24, 2.45) is 0 Å². The number of aromatic nitrogens is 1. The van der Waals surface area contributed by atoms with E-state index in [-0.39, 0.29) is 5.56 Å². The first-order valence-electron chi connectivity index (χ1n) is 6.69. The predicted molar refractivity (Wildman–Crippen MR) is 88.5 cm³/mol. The highest BCUT2D eigenvalue weighted by molar-refractivity contribution is 9.10. The lowest BCUT2D eigenvalue weighted by Gasteiger charge is -2.13. The zero-order chi connectivity index (χ0) is 15.2. The molecule has 3 nitrogen and oxygen atoms in total. The number of hydrogen-bond donors (Lipinski definition) is 0. The molecule has 0 aliphatic rings. The molecule has 0 saturated carbocycles. The summed E-state index contributed by atoms with van der Waals surface area (Å²) in [6, 6.07) is 11.0. The van der Waals surface area contributed by atoms with E-state index >= 15 is 0 Å². The molecule has 1 heterocycles. The molecule has 0 atom stereocenters. The maximum atomic E-state index is 11.9. The number of benzene rings is 1. The summed E-state index contributed by atoms with van der Waals surface area (Å²) < 4.78 is 8.15. The SMILES string of the molecule is CC#CCOc1ccc(-c2cccc(=O)n2CC)c(Br)c1. The summed E-state index contributed by atoms with van der Waals surface area (Å²) in [7, 11) is 0. The molecule has 1 aromatic carbocycles. The van der Waals surface area contributed by atoms with Crippen molar-refractivity contribution < 1.29 is 4.74 Å². The van der Waals surface area contributed by atoms with E-state index in [1.54, 1.807) is 23.6 Å². The van der Waals surface area contributed by atoms with Crippen LogP contribution in [0.1, 0.15) is 13.8 Å². The lowest BCUT2D eigenvalue weighted by Crippen LogP contribution is -2.19. The molecule has 2 aromatic rings. The molecule has 108 valence electrons. The molecular formula is C17H16BrNO2. The van der Waals surface area contributed by atoms with E-state index in [1.807, 2.05) is 31.2 Å². The Morgan fingerprint density at radius 1 is 1.29 bits per heavy atom. The minimum atomic E-state index is 0.000414. The average Bonchev–Trinajstić information content (AvgIpc) is 2.47. The summed E-state index contributed by atoms with van der Waals surface area (Å²) >= 11 is 3.55. The highest BCUT2D eigenvalue weighted by Crippen LogP contribution is 2.30. The van der Waals surface area contributed by atoms with Crippen molar-refractivity contribution in [2.75, 3.05) is 6.61 Å². The van der Waals surface area contributed by atoms with Crippen molar-refractivity contribution in [3.63, 3.8) is 0 Å². The van der Waals surface area contributed by atoms with Gasteiger partial charge in [0, 0.05) is 22.6 Å². The predicted octanol–water partition coefficient (Wildman–Crippen LogP) is 3.70. The normalized spacial score (nSPS) is 9.86. The average molecular weight is 346 g/mol. The van der Waals surface area contributed by atoms with Crippen LogP contribution in [0.2, 0.25) is 0 Å². The molecule has 0 fully saturated rings. The molecule has 0 aliphatic heterocycles. The number of pyridine rings is 1. The van der Waals surface area contributed by atoms with Crippen LogP contribution in [-0.4, -0.2) is 11.2 Å². The molecule has 0 radical (unpaired) electrons. The van der Waals surface area contributed by atoms with Crippen LogP contribution in [0.3, 0.4) is 0 Å². The number of ether oxygens (including phenoxy) is 1. The van der Waals surface area contributed by atoms with Gasteiger partial charge in [-0.3, -0.25) is 4.79 Å². The number of hydrogen-bond acceptors (Lipinski definition) is 2. The van der Waals surface area contributed by atoms with Gasteiger partial charge in [0.15, 0.2) is 0 Å². The second kappa shape index (κ2) is 7.14. The molecule has 0 aliphatic carbocycles. The number of nitrogens with zero attached hydrogens (tertiary/aromatic N) is 1. The van der Waals surface area contributed by atoms with Gasteiger partial charge in [0.25, 0.3) is 5.56 Å². The van der Waals surface area contributed by atoms with E-state index in [0.29, 0.717) is 13.2 Å². The number of rotatable bonds is 4. The first kappa shape index (κ1) is 15.4. The van der Waals surface area contributed by atoms with Crippen LogP contribution in [0.15, 0.2) is 45.7 Å². The van der Waals surface area contributed by atoms with Crippen molar-refractivity contribution in [2.45, 2.75) is 20.4 Å². The largest absolute Gasteiger partial charge is 0.481 e. The molecule has 0 N–H and O–H groups in total. The van der Waals surface area contributed by atoms with Gasteiger partial charge in [-0.05, 0) is 54.0 Å². The van der Waals surface area contributed by atoms with Crippen molar-refractivity contribution in [3.8, 4) is 28.8 Å². The molecule has 2 rings (SSSR count). The fourth-order valence-electron chi connectivity index (χ4n) is 2.07. The molecule has 0 spiro atoms. The van der Waals surface area contributed by atoms with Gasteiger partial charge in [-0.1, -0.05) is 12.0 Å². The van der Waals surface area contributed by atoms with Gasteiger partial charge in [0.05, 0.1) is 5.69 Å². The summed E-state index contributed by atoms with van der Waals surface area (Å²) in [5.41, 5.74) is 1.85. The highest BCUT2D eigenvalue weighted by Gasteiger charge is 2.09. The second-order valence-corrected chi connectivity index (χ2v) is 5.20. The van der Waals surface area contributed by atoms with Gasteiger partial charge in [-0.25, -0.2) is 0 Å². The van der Waals surface area contributed by atoms with Crippen molar-refractivity contribution >= 4 is 15.9 Å². The van der Waals surface area contributed by atoms with Crippen LogP contribution >= 0.6 is 15.9 Å². The molecule has 0 bridgehead atoms. The third-order valence-corrected chi connectivity index (χ3v) is 3.73. The molecule has 0 saturated heterocycles. The van der Waals surface area contributed by atoms with Crippen molar-refractivity contribution in [3.05, 3.63) is 51.2 Å². The lowest BCUT2D eigenvalue weighted by atomic mass is 10.1. The first-order chi connectivity index (χ1) is 10.2. The van der Waals surface area contributed by atoms with E-state index in [2.05, 4.69) is 27.8 Å². The van der Waals surface area contributed by atoms with Gasteiger partial charge in [-0.15, -0.1) is 5.92 Å². The van der Waals surface area contributed by atoms with E-state index in [4.69, 9.17) is 4.74 Å². The van der Waals surface area contributed by atoms with Gasteiger partial charge in [-0.2, -0.15) is 0 Å². The zero-order valence-electron chi connectivity index (χ0n) is 12.0. The third kappa shape index (κ3) is 3.56. The summed E-state index contributed by atoms with van der Waals surface area (Å²) in [4.78, 5) is 11.9. The smallest absolute Gasteiger partial charge is 0.250 e. The number of halogens is 1. The Morgan fingerprint density at radius 2 is 2.10 bits per heavy atom. The molecule has 1 aromatic heterocycles. The van der Waals surface area contributed by atoms with E-state index < -0.39 is 0 Å². The van der Waals surface area contributed by atoms with Gasteiger partial charge in [0.2, 0.25) is 0 Å². The first-order valence-corrected chi connectivity index (χ1v) is 7.49. The van der Waals surface area contributed by atoms with Crippen LogP contribution < -0.4 is 10.3 Å². The van der Waals surface area contributed by atoms with Gasteiger partial charge in [0.1, 0.15) is 12.4 Å². The summed E-state index contributed by atoms with van der Waals surface area (Å²) in [6.45, 7) is 4.74. The van der Waals surface area contributed by atoms with E-state index in [1.165, 1.54) is 0 Å². The van der Waals surface area contributed by atoms with Crippen LogP contribution in [-0.2, 0) is 6.54 Å². The monoisotopic (exact) mass is 345 g/mol. The van der Waals surface area contributed by atoms with Crippen LogP contribution in [0.25, 0.3) is 11.3 Å². The molecular weight excluding hydrogens is 330 g/mol. The molecule has 0 amide bonds. The van der Waals surface area contributed by atoms with Crippen molar-refractivity contribution in [1.29, 1.82) is 0 Å².